The summed E-state index contributed by atoms with van der Waals surface area (Å²) in [4.78, 5) is 11.9. The second-order valence-corrected chi connectivity index (χ2v) is 5.28. The van der Waals surface area contributed by atoms with Crippen molar-refractivity contribution in [2.24, 2.45) is 5.92 Å². The molecule has 0 atom stereocenters. The van der Waals surface area contributed by atoms with Gasteiger partial charge in [-0.3, -0.25) is 4.79 Å². The minimum absolute atomic E-state index is 0.135. The summed E-state index contributed by atoms with van der Waals surface area (Å²) in [7, 11) is 0. The summed E-state index contributed by atoms with van der Waals surface area (Å²) >= 11 is 3.31. The van der Waals surface area contributed by atoms with Crippen molar-refractivity contribution in [3.8, 4) is 0 Å². The Bertz CT molecular complexity index is 433. The quantitative estimate of drug-likeness (QED) is 0.625. The monoisotopic (exact) mass is 312 g/mol. The highest BCUT2D eigenvalue weighted by molar-refractivity contribution is 9.10. The number of benzene rings is 1. The Morgan fingerprint density at radius 3 is 3.00 bits per heavy atom. The molecule has 0 aromatic heterocycles. The van der Waals surface area contributed by atoms with Crippen LogP contribution in [0.1, 0.15) is 23.2 Å². The third-order valence-electron chi connectivity index (χ3n) is 2.86. The molecule has 1 aliphatic carbocycles. The zero-order valence-electron chi connectivity index (χ0n) is 10.1. The number of anilines is 1. The van der Waals surface area contributed by atoms with Crippen molar-refractivity contribution in [2.45, 2.75) is 12.8 Å². The standard InChI is InChI=1S/C13H17BrN2O2/c14-12-10(2-1-3-11(12)15)13(17)16-6-7-18-8-9-4-5-9/h1-3,9H,4-8,15H2,(H,16,17). The van der Waals surface area contributed by atoms with Gasteiger partial charge in [-0.05, 0) is 46.8 Å². The van der Waals surface area contributed by atoms with Gasteiger partial charge in [0, 0.05) is 18.8 Å². The number of amides is 1. The SMILES string of the molecule is Nc1cccc(C(=O)NCCOCC2CC2)c1Br. The van der Waals surface area contributed by atoms with Gasteiger partial charge in [0.25, 0.3) is 5.91 Å². The minimum atomic E-state index is -0.135. The number of carbonyl (C=O) groups is 1. The first-order valence-electron chi connectivity index (χ1n) is 6.08. The first kappa shape index (κ1) is 13.4. The Kier molecular flexibility index (Phi) is 4.60. The largest absolute Gasteiger partial charge is 0.398 e. The number of nitrogen functional groups attached to an aromatic ring is 1. The molecule has 1 aromatic carbocycles. The maximum atomic E-state index is 11.9. The summed E-state index contributed by atoms with van der Waals surface area (Å²) in [6.45, 7) is 1.90. The summed E-state index contributed by atoms with van der Waals surface area (Å²) in [6.07, 6.45) is 2.56. The summed E-state index contributed by atoms with van der Waals surface area (Å²) in [5.74, 6) is 0.618. The highest BCUT2D eigenvalue weighted by atomic mass is 79.9. The zero-order chi connectivity index (χ0) is 13.0. The smallest absolute Gasteiger partial charge is 0.252 e. The predicted octanol–water partition coefficient (Wildman–Crippen LogP) is 2.19. The molecule has 98 valence electrons. The average molecular weight is 313 g/mol. The highest BCUT2D eigenvalue weighted by Crippen LogP contribution is 2.28. The third-order valence-corrected chi connectivity index (χ3v) is 3.74. The molecule has 0 aliphatic heterocycles. The first-order chi connectivity index (χ1) is 8.68. The van der Waals surface area contributed by atoms with Crippen LogP contribution in [0.25, 0.3) is 0 Å². The molecule has 18 heavy (non-hydrogen) atoms. The fraction of sp³-hybridized carbons (Fsp3) is 0.462. The molecule has 1 saturated carbocycles. The van der Waals surface area contributed by atoms with E-state index in [-0.39, 0.29) is 5.91 Å². The van der Waals surface area contributed by atoms with Crippen LogP contribution in [0, 0.1) is 5.92 Å². The molecule has 0 saturated heterocycles. The van der Waals surface area contributed by atoms with Crippen LogP contribution in [0.3, 0.4) is 0 Å². The molecule has 3 N–H and O–H groups in total. The van der Waals surface area contributed by atoms with Crippen molar-refractivity contribution >= 4 is 27.5 Å². The van der Waals surface area contributed by atoms with E-state index in [1.54, 1.807) is 18.2 Å². The lowest BCUT2D eigenvalue weighted by atomic mass is 10.2. The number of nitrogens with two attached hydrogens (primary N) is 1. The molecule has 0 heterocycles. The molecule has 0 spiro atoms. The molecule has 1 amide bonds. The van der Waals surface area contributed by atoms with Crippen LogP contribution < -0.4 is 11.1 Å². The van der Waals surface area contributed by atoms with Gasteiger partial charge in [0.2, 0.25) is 0 Å². The molecule has 1 aromatic rings. The van der Waals surface area contributed by atoms with Gasteiger partial charge in [0.05, 0.1) is 16.6 Å². The van der Waals surface area contributed by atoms with E-state index < -0.39 is 0 Å². The lowest BCUT2D eigenvalue weighted by Crippen LogP contribution is -2.27. The number of halogens is 1. The van der Waals surface area contributed by atoms with Crippen molar-refractivity contribution in [1.82, 2.24) is 5.32 Å². The maximum absolute atomic E-state index is 11.9. The van der Waals surface area contributed by atoms with E-state index in [1.165, 1.54) is 12.8 Å². The van der Waals surface area contributed by atoms with Gasteiger partial charge in [0.1, 0.15) is 0 Å². The van der Waals surface area contributed by atoms with Crippen LogP contribution in [0.15, 0.2) is 22.7 Å². The number of nitrogens with one attached hydrogen (secondary N) is 1. The van der Waals surface area contributed by atoms with Crippen molar-refractivity contribution in [1.29, 1.82) is 0 Å². The van der Waals surface area contributed by atoms with Gasteiger partial charge >= 0.3 is 0 Å². The molecule has 0 bridgehead atoms. The summed E-state index contributed by atoms with van der Waals surface area (Å²) in [5, 5.41) is 2.81. The van der Waals surface area contributed by atoms with Crippen molar-refractivity contribution in [3.63, 3.8) is 0 Å². The number of hydrogen-bond donors (Lipinski definition) is 2. The van der Waals surface area contributed by atoms with Crippen LogP contribution >= 0.6 is 15.9 Å². The van der Waals surface area contributed by atoms with Crippen LogP contribution in [-0.4, -0.2) is 25.7 Å². The maximum Gasteiger partial charge on any atom is 0.252 e. The lowest BCUT2D eigenvalue weighted by molar-refractivity contribution is 0.0906. The summed E-state index contributed by atoms with van der Waals surface area (Å²) in [6, 6.07) is 5.25. The normalized spacial score (nSPS) is 14.5. The van der Waals surface area contributed by atoms with E-state index in [1.807, 2.05) is 0 Å². The summed E-state index contributed by atoms with van der Waals surface area (Å²) in [5.41, 5.74) is 6.84. The van der Waals surface area contributed by atoms with Gasteiger partial charge < -0.3 is 15.8 Å². The highest BCUT2D eigenvalue weighted by Gasteiger charge is 2.20. The molecule has 4 nitrogen and oxygen atoms in total. The van der Waals surface area contributed by atoms with E-state index in [4.69, 9.17) is 10.5 Å². The topological polar surface area (TPSA) is 64.4 Å². The Hall–Kier alpha value is -1.07. The van der Waals surface area contributed by atoms with Crippen molar-refractivity contribution in [3.05, 3.63) is 28.2 Å². The van der Waals surface area contributed by atoms with Gasteiger partial charge in [-0.1, -0.05) is 6.07 Å². The third kappa shape index (κ3) is 3.71. The lowest BCUT2D eigenvalue weighted by Gasteiger charge is -2.08. The Morgan fingerprint density at radius 2 is 2.28 bits per heavy atom. The minimum Gasteiger partial charge on any atom is -0.398 e. The van der Waals surface area contributed by atoms with Crippen molar-refractivity contribution < 1.29 is 9.53 Å². The Labute approximate surface area is 115 Å². The molecule has 0 radical (unpaired) electrons. The van der Waals surface area contributed by atoms with Crippen LogP contribution in [-0.2, 0) is 4.74 Å². The van der Waals surface area contributed by atoms with Crippen LogP contribution in [0.5, 0.6) is 0 Å². The predicted molar refractivity (Wildman–Crippen MR) is 74.4 cm³/mol. The zero-order valence-corrected chi connectivity index (χ0v) is 11.7. The fourth-order valence-corrected chi connectivity index (χ4v) is 2.04. The van der Waals surface area contributed by atoms with E-state index in [2.05, 4.69) is 21.2 Å². The van der Waals surface area contributed by atoms with E-state index in [0.29, 0.717) is 28.9 Å². The van der Waals surface area contributed by atoms with E-state index >= 15 is 0 Å². The molecule has 5 heteroatoms. The molecule has 1 aliphatic rings. The number of hydrogen-bond acceptors (Lipinski definition) is 3. The van der Waals surface area contributed by atoms with Gasteiger partial charge in [-0.25, -0.2) is 0 Å². The van der Waals surface area contributed by atoms with Crippen LogP contribution in [0.2, 0.25) is 0 Å². The van der Waals surface area contributed by atoms with Crippen LogP contribution in [0.4, 0.5) is 5.69 Å². The van der Waals surface area contributed by atoms with Gasteiger partial charge in [0.15, 0.2) is 0 Å². The second-order valence-electron chi connectivity index (χ2n) is 4.48. The first-order valence-corrected chi connectivity index (χ1v) is 6.87. The Morgan fingerprint density at radius 1 is 1.50 bits per heavy atom. The molecule has 1 fully saturated rings. The summed E-state index contributed by atoms with van der Waals surface area (Å²) < 4.78 is 6.09. The van der Waals surface area contributed by atoms with Gasteiger partial charge in [-0.2, -0.15) is 0 Å². The van der Waals surface area contributed by atoms with Gasteiger partial charge in [-0.15, -0.1) is 0 Å². The molecule has 2 rings (SSSR count). The van der Waals surface area contributed by atoms with E-state index in [0.717, 1.165) is 12.5 Å². The Balaban J connectivity index is 1.74. The fourth-order valence-electron chi connectivity index (χ4n) is 1.59. The molecule has 0 unspecified atom stereocenters. The second kappa shape index (κ2) is 6.20. The average Bonchev–Trinajstić information content (AvgIpc) is 3.16. The van der Waals surface area contributed by atoms with E-state index in [9.17, 15) is 4.79 Å². The van der Waals surface area contributed by atoms with Crippen molar-refractivity contribution in [2.75, 3.05) is 25.5 Å². The number of ether oxygens (including phenoxy) is 1. The number of carbonyl (C=O) groups excluding carboxylic acids is 1. The molecular formula is C13H17BrN2O2. The number of rotatable bonds is 6. The molecular weight excluding hydrogens is 296 g/mol.